The van der Waals surface area contributed by atoms with E-state index in [0.717, 1.165) is 19.3 Å². The van der Waals surface area contributed by atoms with Crippen LogP contribution in [-0.2, 0) is 0 Å². The van der Waals surface area contributed by atoms with Gasteiger partial charge in [-0.05, 0) is 39.7 Å². The van der Waals surface area contributed by atoms with Crippen molar-refractivity contribution >= 4 is 0 Å². The van der Waals surface area contributed by atoms with Crippen LogP contribution >= 0.6 is 0 Å². The second-order valence-corrected chi connectivity index (χ2v) is 5.22. The van der Waals surface area contributed by atoms with Crippen molar-refractivity contribution in [2.24, 2.45) is 5.73 Å². The number of rotatable bonds is 5. The summed E-state index contributed by atoms with van der Waals surface area (Å²) < 4.78 is 0. The standard InChI is InChI=1S/C12H26N2O/c1-4-5-10(2)14(3)11-6-7-12(13,8-11)9-15/h10-11,15H,4-9,13H2,1-3H3. The fourth-order valence-electron chi connectivity index (χ4n) is 2.60. The molecule has 15 heavy (non-hydrogen) atoms. The van der Waals surface area contributed by atoms with Gasteiger partial charge in [-0.25, -0.2) is 0 Å². The highest BCUT2D eigenvalue weighted by Crippen LogP contribution is 2.31. The summed E-state index contributed by atoms with van der Waals surface area (Å²) in [5, 5.41) is 9.22. The Morgan fingerprint density at radius 3 is 2.73 bits per heavy atom. The molecule has 1 fully saturated rings. The molecule has 0 aromatic heterocycles. The van der Waals surface area contributed by atoms with Crippen molar-refractivity contribution in [3.63, 3.8) is 0 Å². The third-order valence-corrected chi connectivity index (χ3v) is 3.91. The van der Waals surface area contributed by atoms with Gasteiger partial charge in [-0.15, -0.1) is 0 Å². The average Bonchev–Trinajstić information content (AvgIpc) is 2.61. The van der Waals surface area contributed by atoms with E-state index < -0.39 is 0 Å². The summed E-state index contributed by atoms with van der Waals surface area (Å²) in [4.78, 5) is 2.44. The number of aliphatic hydroxyl groups excluding tert-OH is 1. The molecule has 3 atom stereocenters. The summed E-state index contributed by atoms with van der Waals surface area (Å²) in [6.07, 6.45) is 5.49. The molecule has 0 heterocycles. The molecule has 3 heteroatoms. The lowest BCUT2D eigenvalue weighted by molar-refractivity contribution is 0.154. The molecule has 90 valence electrons. The summed E-state index contributed by atoms with van der Waals surface area (Å²) in [5.74, 6) is 0. The molecule has 0 aliphatic heterocycles. The second-order valence-electron chi connectivity index (χ2n) is 5.22. The van der Waals surface area contributed by atoms with Gasteiger partial charge in [0.1, 0.15) is 0 Å². The van der Waals surface area contributed by atoms with Crippen LogP contribution in [0.3, 0.4) is 0 Å². The van der Waals surface area contributed by atoms with Gasteiger partial charge in [0.05, 0.1) is 6.61 Å². The van der Waals surface area contributed by atoms with Gasteiger partial charge < -0.3 is 15.7 Å². The highest BCUT2D eigenvalue weighted by Gasteiger charge is 2.37. The summed E-state index contributed by atoms with van der Waals surface area (Å²) in [5.41, 5.74) is 5.77. The van der Waals surface area contributed by atoms with Crippen molar-refractivity contribution in [2.75, 3.05) is 13.7 Å². The Balaban J connectivity index is 2.46. The lowest BCUT2D eigenvalue weighted by Crippen LogP contribution is -2.44. The zero-order chi connectivity index (χ0) is 11.5. The maximum atomic E-state index is 9.22. The summed E-state index contributed by atoms with van der Waals surface area (Å²) in [6, 6.07) is 1.18. The van der Waals surface area contributed by atoms with E-state index in [1.165, 1.54) is 12.8 Å². The van der Waals surface area contributed by atoms with Crippen molar-refractivity contribution in [3.05, 3.63) is 0 Å². The lowest BCUT2D eigenvalue weighted by atomic mass is 10.00. The fourth-order valence-corrected chi connectivity index (χ4v) is 2.60. The van der Waals surface area contributed by atoms with Crippen LogP contribution in [0.1, 0.15) is 46.0 Å². The van der Waals surface area contributed by atoms with Crippen molar-refractivity contribution in [3.8, 4) is 0 Å². The van der Waals surface area contributed by atoms with E-state index in [1.807, 2.05) is 0 Å². The SMILES string of the molecule is CCCC(C)N(C)C1CCC(N)(CO)C1. The van der Waals surface area contributed by atoms with Crippen molar-refractivity contribution < 1.29 is 5.11 Å². The molecular formula is C12H26N2O. The fraction of sp³-hybridized carbons (Fsp3) is 1.00. The van der Waals surface area contributed by atoms with Gasteiger partial charge in [-0.1, -0.05) is 13.3 Å². The van der Waals surface area contributed by atoms with Crippen LogP contribution in [0.4, 0.5) is 0 Å². The maximum Gasteiger partial charge on any atom is 0.0611 e. The third-order valence-electron chi connectivity index (χ3n) is 3.91. The molecule has 0 aromatic carbocycles. The summed E-state index contributed by atoms with van der Waals surface area (Å²) >= 11 is 0. The lowest BCUT2D eigenvalue weighted by Gasteiger charge is -2.31. The van der Waals surface area contributed by atoms with Crippen molar-refractivity contribution in [2.45, 2.75) is 63.6 Å². The Kier molecular flexibility index (Phi) is 4.56. The molecule has 0 radical (unpaired) electrons. The first kappa shape index (κ1) is 12.9. The Labute approximate surface area is 93.6 Å². The van der Waals surface area contributed by atoms with Gasteiger partial charge >= 0.3 is 0 Å². The predicted octanol–water partition coefficient (Wildman–Crippen LogP) is 1.35. The molecule has 3 N–H and O–H groups in total. The monoisotopic (exact) mass is 214 g/mol. The van der Waals surface area contributed by atoms with Crippen LogP contribution in [-0.4, -0.2) is 41.3 Å². The van der Waals surface area contributed by atoms with E-state index in [2.05, 4.69) is 25.8 Å². The Bertz CT molecular complexity index is 198. The molecule has 0 saturated heterocycles. The predicted molar refractivity (Wildman–Crippen MR) is 63.8 cm³/mol. The van der Waals surface area contributed by atoms with Crippen LogP contribution in [0.5, 0.6) is 0 Å². The van der Waals surface area contributed by atoms with Crippen molar-refractivity contribution in [1.82, 2.24) is 4.90 Å². The number of hydrogen-bond acceptors (Lipinski definition) is 3. The first-order chi connectivity index (χ1) is 7.02. The highest BCUT2D eigenvalue weighted by molar-refractivity contribution is 4.97. The van der Waals surface area contributed by atoms with Gasteiger partial charge in [0.2, 0.25) is 0 Å². The molecule has 1 rings (SSSR count). The van der Waals surface area contributed by atoms with Crippen LogP contribution in [0, 0.1) is 0 Å². The molecule has 1 saturated carbocycles. The molecule has 1 aliphatic carbocycles. The molecule has 0 aromatic rings. The second kappa shape index (κ2) is 5.28. The number of hydrogen-bond donors (Lipinski definition) is 2. The maximum absolute atomic E-state index is 9.22. The van der Waals surface area contributed by atoms with Gasteiger partial charge in [0.25, 0.3) is 0 Å². The molecular weight excluding hydrogens is 188 g/mol. The molecule has 0 bridgehead atoms. The number of nitrogens with zero attached hydrogens (tertiary/aromatic N) is 1. The van der Waals surface area contributed by atoms with Crippen LogP contribution in [0.15, 0.2) is 0 Å². The third kappa shape index (κ3) is 3.16. The van der Waals surface area contributed by atoms with Gasteiger partial charge in [0.15, 0.2) is 0 Å². The van der Waals surface area contributed by atoms with E-state index in [-0.39, 0.29) is 12.1 Å². The van der Waals surface area contributed by atoms with E-state index in [4.69, 9.17) is 5.73 Å². The summed E-state index contributed by atoms with van der Waals surface area (Å²) in [6.45, 7) is 4.62. The summed E-state index contributed by atoms with van der Waals surface area (Å²) in [7, 11) is 2.19. The van der Waals surface area contributed by atoms with Crippen LogP contribution < -0.4 is 5.73 Å². The Morgan fingerprint density at radius 2 is 2.27 bits per heavy atom. The smallest absolute Gasteiger partial charge is 0.0611 e. The first-order valence-electron chi connectivity index (χ1n) is 6.14. The molecule has 0 amide bonds. The number of aliphatic hydroxyl groups is 1. The zero-order valence-corrected chi connectivity index (χ0v) is 10.4. The zero-order valence-electron chi connectivity index (χ0n) is 10.4. The van der Waals surface area contributed by atoms with Crippen molar-refractivity contribution in [1.29, 1.82) is 0 Å². The van der Waals surface area contributed by atoms with Crippen LogP contribution in [0.2, 0.25) is 0 Å². The minimum atomic E-state index is -0.315. The minimum Gasteiger partial charge on any atom is -0.394 e. The van der Waals surface area contributed by atoms with E-state index >= 15 is 0 Å². The minimum absolute atomic E-state index is 0.125. The molecule has 1 aliphatic rings. The average molecular weight is 214 g/mol. The van der Waals surface area contributed by atoms with Gasteiger partial charge in [0, 0.05) is 17.6 Å². The van der Waals surface area contributed by atoms with E-state index in [9.17, 15) is 5.11 Å². The first-order valence-corrected chi connectivity index (χ1v) is 6.14. The normalized spacial score (nSPS) is 33.6. The highest BCUT2D eigenvalue weighted by atomic mass is 16.3. The molecule has 0 spiro atoms. The number of nitrogens with two attached hydrogens (primary N) is 1. The molecule has 3 nitrogen and oxygen atoms in total. The van der Waals surface area contributed by atoms with E-state index in [1.54, 1.807) is 0 Å². The topological polar surface area (TPSA) is 49.5 Å². The Morgan fingerprint density at radius 1 is 1.60 bits per heavy atom. The quantitative estimate of drug-likeness (QED) is 0.726. The molecule has 3 unspecified atom stereocenters. The Hall–Kier alpha value is -0.120. The van der Waals surface area contributed by atoms with E-state index in [0.29, 0.717) is 12.1 Å². The van der Waals surface area contributed by atoms with Gasteiger partial charge in [-0.3, -0.25) is 0 Å². The largest absolute Gasteiger partial charge is 0.394 e. The van der Waals surface area contributed by atoms with Crippen LogP contribution in [0.25, 0.3) is 0 Å². The van der Waals surface area contributed by atoms with Gasteiger partial charge in [-0.2, -0.15) is 0 Å².